The van der Waals surface area contributed by atoms with E-state index in [1.807, 2.05) is 6.07 Å². The summed E-state index contributed by atoms with van der Waals surface area (Å²) in [6, 6.07) is 3.22. The third-order valence-electron chi connectivity index (χ3n) is 5.53. The molecule has 1 aliphatic rings. The molecule has 176 valence electrons. The van der Waals surface area contributed by atoms with E-state index in [1.165, 1.54) is 23.4 Å². The van der Waals surface area contributed by atoms with Gasteiger partial charge in [-0.05, 0) is 38.3 Å². The van der Waals surface area contributed by atoms with Crippen LogP contribution in [-0.2, 0) is 0 Å². The Kier molecular flexibility index (Phi) is 6.51. The van der Waals surface area contributed by atoms with Crippen molar-refractivity contribution >= 4 is 23.4 Å². The van der Waals surface area contributed by atoms with E-state index in [-0.39, 0.29) is 17.2 Å². The Morgan fingerprint density at radius 2 is 2.03 bits per heavy atom. The van der Waals surface area contributed by atoms with Gasteiger partial charge in [0, 0.05) is 0 Å². The molecule has 0 spiro atoms. The number of aryl methyl sites for hydroxylation is 1. The number of aliphatic hydroxyl groups excluding tert-OH is 1. The second kappa shape index (κ2) is 9.67. The van der Waals surface area contributed by atoms with Gasteiger partial charge in [-0.3, -0.25) is 4.98 Å². The zero-order chi connectivity index (χ0) is 24.2. The molecule has 12 nitrogen and oxygen atoms in total. The Bertz CT molecular complexity index is 1230. The average molecular weight is 467 g/mol. The summed E-state index contributed by atoms with van der Waals surface area (Å²) < 4.78 is 14.8. The normalized spacial score (nSPS) is 19.8. The fourth-order valence-electron chi connectivity index (χ4n) is 3.89. The maximum absolute atomic E-state index is 14.8. The molecule has 0 radical (unpaired) electrons. The number of carbonyl (C=O) groups is 1. The van der Waals surface area contributed by atoms with Crippen LogP contribution in [0.5, 0.6) is 0 Å². The van der Waals surface area contributed by atoms with Gasteiger partial charge in [0.05, 0.1) is 53.7 Å². The van der Waals surface area contributed by atoms with Crippen molar-refractivity contribution in [3.63, 3.8) is 0 Å². The number of anilines is 3. The maximum Gasteiger partial charge on any atom is 0.405 e. The largest absolute Gasteiger partial charge is 0.465 e. The highest BCUT2D eigenvalue weighted by Crippen LogP contribution is 2.28. The minimum absolute atomic E-state index is 0.0359. The van der Waals surface area contributed by atoms with Crippen LogP contribution in [0.25, 0.3) is 5.69 Å². The molecular weight excluding hydrogens is 445 g/mol. The summed E-state index contributed by atoms with van der Waals surface area (Å²) in [7, 11) is 0. The number of amides is 1. The number of hydrogen-bond acceptors (Lipinski definition) is 9. The molecule has 13 heteroatoms. The van der Waals surface area contributed by atoms with Crippen LogP contribution in [-0.4, -0.2) is 59.5 Å². The molecule has 3 aromatic heterocycles. The molecule has 34 heavy (non-hydrogen) atoms. The number of pyridine rings is 2. The number of halogens is 1. The van der Waals surface area contributed by atoms with Gasteiger partial charge in [-0.2, -0.15) is 15.5 Å². The molecule has 3 aromatic rings. The van der Waals surface area contributed by atoms with Crippen LogP contribution >= 0.6 is 0 Å². The predicted molar refractivity (Wildman–Crippen MR) is 118 cm³/mol. The zero-order valence-corrected chi connectivity index (χ0v) is 18.1. The Hall–Kier alpha value is -4.31. The van der Waals surface area contributed by atoms with Crippen molar-refractivity contribution in [3.05, 3.63) is 47.8 Å². The van der Waals surface area contributed by atoms with Crippen LogP contribution in [0.1, 0.15) is 30.5 Å². The molecule has 3 heterocycles. The van der Waals surface area contributed by atoms with Crippen molar-refractivity contribution in [2.45, 2.75) is 44.4 Å². The topological polar surface area (TPSA) is 174 Å². The zero-order valence-electron chi connectivity index (χ0n) is 18.1. The van der Waals surface area contributed by atoms with Crippen LogP contribution in [0.4, 0.5) is 26.5 Å². The number of carboxylic acid groups (broad SMARTS) is 1. The van der Waals surface area contributed by atoms with Crippen LogP contribution < -0.4 is 16.0 Å². The summed E-state index contributed by atoms with van der Waals surface area (Å²) in [5, 5.41) is 45.2. The van der Waals surface area contributed by atoms with Crippen molar-refractivity contribution in [1.29, 1.82) is 5.26 Å². The third-order valence-corrected chi connectivity index (χ3v) is 5.53. The molecule has 1 saturated carbocycles. The fourth-order valence-corrected chi connectivity index (χ4v) is 3.89. The number of aromatic nitrogens is 5. The maximum atomic E-state index is 14.8. The van der Waals surface area contributed by atoms with Crippen LogP contribution in [0.15, 0.2) is 30.7 Å². The summed E-state index contributed by atoms with van der Waals surface area (Å²) in [5.41, 5.74) is 1.71. The lowest BCUT2D eigenvalue weighted by atomic mass is 9.88. The van der Waals surface area contributed by atoms with Crippen molar-refractivity contribution < 1.29 is 19.4 Å². The molecule has 0 aliphatic heterocycles. The van der Waals surface area contributed by atoms with Gasteiger partial charge in [0.25, 0.3) is 0 Å². The van der Waals surface area contributed by atoms with Crippen molar-refractivity contribution in [2.75, 3.05) is 10.6 Å². The molecule has 1 aliphatic carbocycles. The second-order valence-corrected chi connectivity index (χ2v) is 7.82. The van der Waals surface area contributed by atoms with Crippen LogP contribution in [0, 0.1) is 24.1 Å². The quantitative estimate of drug-likeness (QED) is 0.361. The second-order valence-electron chi connectivity index (χ2n) is 7.82. The lowest BCUT2D eigenvalue weighted by Gasteiger charge is -2.36. The lowest BCUT2D eigenvalue weighted by molar-refractivity contribution is 0.0815. The number of nitrogens with one attached hydrogen (secondary N) is 3. The van der Waals surface area contributed by atoms with E-state index >= 15 is 0 Å². The first-order valence-corrected chi connectivity index (χ1v) is 10.5. The summed E-state index contributed by atoms with van der Waals surface area (Å²) in [4.78, 5) is 21.1. The minimum atomic E-state index is -1.29. The fraction of sp³-hybridized carbons (Fsp3) is 0.333. The molecule has 0 bridgehead atoms. The number of nitriles is 1. The van der Waals surface area contributed by atoms with Gasteiger partial charge in [-0.25, -0.2) is 14.2 Å². The van der Waals surface area contributed by atoms with Gasteiger partial charge in [-0.1, -0.05) is 0 Å². The van der Waals surface area contributed by atoms with Crippen LogP contribution in [0.2, 0.25) is 0 Å². The first kappa shape index (κ1) is 22.9. The smallest absolute Gasteiger partial charge is 0.405 e. The van der Waals surface area contributed by atoms with E-state index in [1.54, 1.807) is 13.0 Å². The van der Waals surface area contributed by atoms with Gasteiger partial charge in [-0.15, -0.1) is 4.80 Å². The monoisotopic (exact) mass is 467 g/mol. The van der Waals surface area contributed by atoms with Gasteiger partial charge in [0.2, 0.25) is 0 Å². The Balaban J connectivity index is 1.63. The highest BCUT2D eigenvalue weighted by molar-refractivity contribution is 5.67. The van der Waals surface area contributed by atoms with E-state index in [4.69, 9.17) is 5.11 Å². The molecule has 1 fully saturated rings. The summed E-state index contributed by atoms with van der Waals surface area (Å²) in [5.74, 6) is -0.873. The van der Waals surface area contributed by atoms with E-state index in [0.29, 0.717) is 36.3 Å². The molecule has 3 unspecified atom stereocenters. The first-order chi connectivity index (χ1) is 16.4. The van der Waals surface area contributed by atoms with E-state index in [2.05, 4.69) is 36.1 Å². The van der Waals surface area contributed by atoms with Gasteiger partial charge in [0.1, 0.15) is 11.8 Å². The highest BCUT2D eigenvalue weighted by Gasteiger charge is 2.34. The number of hydrogen-bond donors (Lipinski definition) is 5. The van der Waals surface area contributed by atoms with Crippen LogP contribution in [0.3, 0.4) is 0 Å². The standard InChI is InChI=1S/C21H22FN9O3/c1-11-16(31-25-5-6-26-31)8-13(10-24-11)27-19-12(9-23)7-14(22)20(30-19)28-15-3-2-4-17(32)18(15)29-21(33)34/h5-8,10,15,17-18,29,32H,2-4H2,1H3,(H,33,34)(H2,27,28,30). The SMILES string of the molecule is Cc1ncc(Nc2nc(NC3CCCC(O)C3NC(=O)O)c(F)cc2C#N)cc1-n1nccn1. The Labute approximate surface area is 193 Å². The van der Waals surface area contributed by atoms with E-state index in [0.717, 1.165) is 6.07 Å². The molecule has 0 saturated heterocycles. The molecule has 4 rings (SSSR count). The van der Waals surface area contributed by atoms with Gasteiger partial charge in [0.15, 0.2) is 17.5 Å². The molecular formula is C21H22FN9O3. The number of nitrogens with zero attached hydrogens (tertiary/aromatic N) is 6. The summed E-state index contributed by atoms with van der Waals surface area (Å²) >= 11 is 0. The average Bonchev–Trinajstić information content (AvgIpc) is 3.34. The van der Waals surface area contributed by atoms with Gasteiger partial charge < -0.3 is 26.2 Å². The summed E-state index contributed by atoms with van der Waals surface area (Å²) in [6.45, 7) is 1.79. The van der Waals surface area contributed by atoms with E-state index < -0.39 is 30.1 Å². The number of aliphatic hydroxyl groups is 1. The van der Waals surface area contributed by atoms with E-state index in [9.17, 15) is 19.6 Å². The molecule has 1 amide bonds. The Morgan fingerprint density at radius 3 is 2.74 bits per heavy atom. The third kappa shape index (κ3) is 4.86. The molecule has 0 aromatic carbocycles. The number of rotatable bonds is 6. The van der Waals surface area contributed by atoms with Crippen molar-refractivity contribution in [2.24, 2.45) is 0 Å². The van der Waals surface area contributed by atoms with Gasteiger partial charge >= 0.3 is 6.09 Å². The van der Waals surface area contributed by atoms with Crippen molar-refractivity contribution in [3.8, 4) is 11.8 Å². The van der Waals surface area contributed by atoms with Crippen molar-refractivity contribution in [1.82, 2.24) is 30.3 Å². The first-order valence-electron chi connectivity index (χ1n) is 10.5. The molecule has 5 N–H and O–H groups in total. The summed E-state index contributed by atoms with van der Waals surface area (Å²) in [6.07, 6.45) is 3.92. The minimum Gasteiger partial charge on any atom is -0.465 e. The predicted octanol–water partition coefficient (Wildman–Crippen LogP) is 2.08. The Morgan fingerprint density at radius 1 is 1.26 bits per heavy atom. The molecule has 3 atom stereocenters. The lowest BCUT2D eigenvalue weighted by Crippen LogP contribution is -2.55. The highest BCUT2D eigenvalue weighted by atomic mass is 19.1.